The number of nitrogens with two attached hydrogens (primary N) is 1. The molecule has 4 rings (SSSR count). The average Bonchev–Trinajstić information content (AvgIpc) is 2.74. The molecule has 2 nitrogen and oxygen atoms in total. The molecule has 2 heteroatoms. The second-order valence-electron chi connectivity index (χ2n) is 7.86. The highest BCUT2D eigenvalue weighted by atomic mass is 16.3. The van der Waals surface area contributed by atoms with E-state index in [4.69, 9.17) is 5.73 Å². The van der Waals surface area contributed by atoms with E-state index in [0.29, 0.717) is 17.4 Å². The van der Waals surface area contributed by atoms with Crippen molar-refractivity contribution >= 4 is 0 Å². The molecule has 0 heterocycles. The summed E-state index contributed by atoms with van der Waals surface area (Å²) in [5.74, 6) is 3.07. The van der Waals surface area contributed by atoms with E-state index in [1.807, 2.05) is 6.08 Å². The average molecular weight is 273 g/mol. The first kappa shape index (κ1) is 13.1. The molecule has 4 aliphatic rings. The molecule has 0 aromatic rings. The molecule has 2 saturated carbocycles. The summed E-state index contributed by atoms with van der Waals surface area (Å²) in [6.45, 7) is 2.45. The molecular formula is C18H27NO. The van der Waals surface area contributed by atoms with Crippen molar-refractivity contribution < 1.29 is 5.11 Å². The number of allylic oxidation sites excluding steroid dienone is 2. The lowest BCUT2D eigenvalue weighted by Crippen LogP contribution is -2.48. The van der Waals surface area contributed by atoms with Gasteiger partial charge in [0.15, 0.2) is 0 Å². The normalized spacial score (nSPS) is 53.9. The van der Waals surface area contributed by atoms with Gasteiger partial charge in [-0.05, 0) is 61.7 Å². The van der Waals surface area contributed by atoms with Crippen LogP contribution in [0.4, 0.5) is 0 Å². The number of hydrogen-bond acceptors (Lipinski definition) is 2. The Bertz CT molecular complexity index is 468. The van der Waals surface area contributed by atoms with Crippen molar-refractivity contribution in [3.63, 3.8) is 0 Å². The van der Waals surface area contributed by atoms with Crippen LogP contribution in [0, 0.1) is 29.1 Å². The molecule has 0 saturated heterocycles. The minimum absolute atomic E-state index is 0.247. The molecule has 4 unspecified atom stereocenters. The first-order valence-electron chi connectivity index (χ1n) is 8.40. The van der Waals surface area contributed by atoms with Crippen LogP contribution in [-0.4, -0.2) is 17.3 Å². The van der Waals surface area contributed by atoms with E-state index >= 15 is 0 Å². The minimum Gasteiger partial charge on any atom is -0.389 e. The largest absolute Gasteiger partial charge is 0.389 e. The van der Waals surface area contributed by atoms with E-state index in [1.54, 1.807) is 0 Å². The van der Waals surface area contributed by atoms with Gasteiger partial charge in [-0.25, -0.2) is 0 Å². The maximum Gasteiger partial charge on any atom is 0.0758 e. The molecular weight excluding hydrogens is 246 g/mol. The van der Waals surface area contributed by atoms with E-state index in [1.165, 1.54) is 37.7 Å². The van der Waals surface area contributed by atoms with Gasteiger partial charge in [-0.3, -0.25) is 0 Å². The Morgan fingerprint density at radius 1 is 1.20 bits per heavy atom. The molecule has 0 aromatic carbocycles. The third-order valence-electron chi connectivity index (χ3n) is 7.09. The molecule has 110 valence electrons. The van der Waals surface area contributed by atoms with E-state index in [9.17, 15) is 5.11 Å². The van der Waals surface area contributed by atoms with Gasteiger partial charge in [0, 0.05) is 12.0 Å². The van der Waals surface area contributed by atoms with Crippen LogP contribution >= 0.6 is 0 Å². The highest BCUT2D eigenvalue weighted by Gasteiger charge is 2.54. The van der Waals surface area contributed by atoms with E-state index in [-0.39, 0.29) is 6.10 Å². The zero-order valence-electron chi connectivity index (χ0n) is 12.5. The van der Waals surface area contributed by atoms with E-state index in [2.05, 4.69) is 19.1 Å². The van der Waals surface area contributed by atoms with Crippen LogP contribution in [0.3, 0.4) is 0 Å². The monoisotopic (exact) mass is 273 g/mol. The molecule has 7 atom stereocenters. The number of fused-ring (bicyclic) bond motifs is 5. The molecule has 4 aliphatic carbocycles. The fourth-order valence-electron chi connectivity index (χ4n) is 5.88. The standard InChI is InChI=1S/C18H27NO/c1-18-9-8-14-13-5-3-12(20)10-11(13)2-4-15(14)16(18)6-7-17(18)19/h2-3,5,12-17,20H,4,6-10,19H2,1H3/t12?,13-,14?,15?,16?,17-,18-/m0/s1. The summed E-state index contributed by atoms with van der Waals surface area (Å²) in [5, 5.41) is 9.83. The van der Waals surface area contributed by atoms with Crippen molar-refractivity contribution in [2.45, 2.75) is 57.6 Å². The zero-order chi connectivity index (χ0) is 13.9. The number of rotatable bonds is 0. The van der Waals surface area contributed by atoms with Crippen LogP contribution in [0.15, 0.2) is 23.8 Å². The lowest BCUT2D eigenvalue weighted by atomic mass is 9.53. The summed E-state index contributed by atoms with van der Waals surface area (Å²) in [6, 6.07) is 0.419. The Hall–Kier alpha value is -0.600. The van der Waals surface area contributed by atoms with Gasteiger partial charge in [-0.15, -0.1) is 0 Å². The third-order valence-corrected chi connectivity index (χ3v) is 7.09. The van der Waals surface area contributed by atoms with Gasteiger partial charge < -0.3 is 10.8 Å². The Labute approximate surface area is 122 Å². The lowest BCUT2D eigenvalue weighted by molar-refractivity contribution is 0.0132. The van der Waals surface area contributed by atoms with Gasteiger partial charge in [-0.2, -0.15) is 0 Å². The Morgan fingerprint density at radius 2 is 2.05 bits per heavy atom. The summed E-state index contributed by atoms with van der Waals surface area (Å²) >= 11 is 0. The highest BCUT2D eigenvalue weighted by Crippen LogP contribution is 2.60. The summed E-state index contributed by atoms with van der Waals surface area (Å²) in [7, 11) is 0. The van der Waals surface area contributed by atoms with Crippen LogP contribution in [-0.2, 0) is 0 Å². The smallest absolute Gasteiger partial charge is 0.0758 e. The van der Waals surface area contributed by atoms with Crippen LogP contribution in [0.5, 0.6) is 0 Å². The summed E-state index contributed by atoms with van der Waals surface area (Å²) in [6.07, 6.45) is 13.8. The van der Waals surface area contributed by atoms with Gasteiger partial charge in [0.05, 0.1) is 6.10 Å². The first-order chi connectivity index (χ1) is 9.59. The van der Waals surface area contributed by atoms with Gasteiger partial charge in [0.25, 0.3) is 0 Å². The van der Waals surface area contributed by atoms with E-state index in [0.717, 1.165) is 24.2 Å². The molecule has 0 aliphatic heterocycles. The molecule has 0 aromatic heterocycles. The molecule has 20 heavy (non-hydrogen) atoms. The van der Waals surface area contributed by atoms with Crippen molar-refractivity contribution in [2.24, 2.45) is 34.8 Å². The third kappa shape index (κ3) is 1.70. The van der Waals surface area contributed by atoms with E-state index < -0.39 is 0 Å². The number of hydrogen-bond donors (Lipinski definition) is 2. The SMILES string of the molecule is C[C@]12CCC3C(CC=C4CC(O)C=C[C@@H]43)C1CC[C@@H]2N. The van der Waals surface area contributed by atoms with Gasteiger partial charge >= 0.3 is 0 Å². The fourth-order valence-corrected chi connectivity index (χ4v) is 5.88. The maximum absolute atomic E-state index is 9.83. The Kier molecular flexibility index (Phi) is 2.91. The Morgan fingerprint density at radius 3 is 2.90 bits per heavy atom. The molecule has 3 N–H and O–H groups in total. The minimum atomic E-state index is -0.247. The van der Waals surface area contributed by atoms with Crippen molar-refractivity contribution in [1.82, 2.24) is 0 Å². The number of aliphatic hydroxyl groups is 1. The van der Waals surface area contributed by atoms with Gasteiger partial charge in [0.1, 0.15) is 0 Å². The molecule has 2 fully saturated rings. The molecule has 0 radical (unpaired) electrons. The molecule has 0 spiro atoms. The quantitative estimate of drug-likeness (QED) is 0.666. The van der Waals surface area contributed by atoms with Crippen molar-refractivity contribution in [3.05, 3.63) is 23.8 Å². The second-order valence-corrected chi connectivity index (χ2v) is 7.86. The van der Waals surface area contributed by atoms with Crippen molar-refractivity contribution in [1.29, 1.82) is 0 Å². The molecule has 0 amide bonds. The predicted octanol–water partition coefficient (Wildman–Crippen LogP) is 3.02. The first-order valence-corrected chi connectivity index (χ1v) is 8.40. The highest BCUT2D eigenvalue weighted by molar-refractivity contribution is 5.27. The van der Waals surface area contributed by atoms with Gasteiger partial charge in [-0.1, -0.05) is 30.7 Å². The summed E-state index contributed by atoms with van der Waals surface area (Å²) < 4.78 is 0. The Balaban J connectivity index is 1.65. The van der Waals surface area contributed by atoms with Crippen LogP contribution in [0.1, 0.15) is 45.4 Å². The van der Waals surface area contributed by atoms with Crippen LogP contribution < -0.4 is 5.73 Å². The molecule has 0 bridgehead atoms. The zero-order valence-corrected chi connectivity index (χ0v) is 12.5. The van der Waals surface area contributed by atoms with Crippen LogP contribution in [0.25, 0.3) is 0 Å². The van der Waals surface area contributed by atoms with Crippen LogP contribution in [0.2, 0.25) is 0 Å². The lowest BCUT2D eigenvalue weighted by Gasteiger charge is -2.52. The van der Waals surface area contributed by atoms with Crippen molar-refractivity contribution in [2.75, 3.05) is 0 Å². The van der Waals surface area contributed by atoms with Gasteiger partial charge in [0.2, 0.25) is 0 Å². The maximum atomic E-state index is 9.83. The summed E-state index contributed by atoms with van der Waals surface area (Å²) in [5.41, 5.74) is 8.33. The fraction of sp³-hybridized carbons (Fsp3) is 0.778. The van der Waals surface area contributed by atoms with Crippen molar-refractivity contribution in [3.8, 4) is 0 Å². The summed E-state index contributed by atoms with van der Waals surface area (Å²) in [4.78, 5) is 0. The second kappa shape index (κ2) is 4.45. The predicted molar refractivity (Wildman–Crippen MR) is 81.0 cm³/mol. The number of aliphatic hydroxyl groups excluding tert-OH is 1. The topological polar surface area (TPSA) is 46.2 Å².